The quantitative estimate of drug-likeness (QED) is 0.242. The lowest BCUT2D eigenvalue weighted by Gasteiger charge is -2.68. The Bertz CT molecular complexity index is 897. The molecule has 9 nitrogen and oxygen atoms in total. The molecule has 4 fully saturated rings. The van der Waals surface area contributed by atoms with E-state index in [0.29, 0.717) is 25.7 Å². The van der Waals surface area contributed by atoms with Crippen LogP contribution in [0.25, 0.3) is 0 Å². The molecule has 0 spiro atoms. The number of aliphatic carboxylic acids is 1. The summed E-state index contributed by atoms with van der Waals surface area (Å²) in [5, 5.41) is 41.7. The lowest BCUT2D eigenvalue weighted by atomic mass is 9.40. The molecule has 8 N–H and O–H groups in total. The fourth-order valence-electron chi connectivity index (χ4n) is 10.2. The van der Waals surface area contributed by atoms with E-state index < -0.39 is 47.9 Å². The largest absolute Gasteiger partial charge is 0.481 e. The smallest absolute Gasteiger partial charge is 0.332 e. The fourth-order valence-corrected chi connectivity index (χ4v) is 12.0. The third-order valence-corrected chi connectivity index (χ3v) is 13.9. The first-order valence-corrected chi connectivity index (χ1v) is 15.3. The standard InChI is InChI=1S/C26H46NO8P/c1-14(4-7-22(31)32)17-5-6-18-23-19(12-21(30)24(17,18)2)25(3)15(11-20(23)29)10-16(28)13-26(25,8-9-27)36(33,34)35/h14-21,23,28-30H,4-13,27H2,1-3H3,(H,31,32)(H2,33,34,35)/t14-,15+,16+,17-,18+,19+,20-,21+,23+,24-,25+,26?/m1/s1. The Kier molecular flexibility index (Phi) is 7.58. The number of carboxylic acids is 1. The summed E-state index contributed by atoms with van der Waals surface area (Å²) in [5.74, 6) is -1.49. The van der Waals surface area contributed by atoms with Crippen molar-refractivity contribution in [2.75, 3.05) is 6.54 Å². The first-order chi connectivity index (χ1) is 16.6. The molecule has 0 heterocycles. The van der Waals surface area contributed by atoms with Crippen molar-refractivity contribution in [3.05, 3.63) is 0 Å². The highest BCUT2D eigenvalue weighted by Crippen LogP contribution is 2.76. The number of rotatable bonds is 7. The van der Waals surface area contributed by atoms with Crippen LogP contribution < -0.4 is 5.73 Å². The topological polar surface area (TPSA) is 182 Å². The minimum Gasteiger partial charge on any atom is -0.481 e. The molecule has 4 saturated carbocycles. The number of fused-ring (bicyclic) bond motifs is 5. The molecule has 0 amide bonds. The van der Waals surface area contributed by atoms with Gasteiger partial charge in [0, 0.05) is 6.42 Å². The molecule has 0 aliphatic heterocycles. The maximum Gasteiger partial charge on any atom is 0.332 e. The van der Waals surface area contributed by atoms with Crippen LogP contribution in [0.1, 0.15) is 78.6 Å². The van der Waals surface area contributed by atoms with Gasteiger partial charge >= 0.3 is 13.6 Å². The molecule has 1 unspecified atom stereocenters. The first-order valence-electron chi connectivity index (χ1n) is 13.7. The predicted octanol–water partition coefficient (Wildman–Crippen LogP) is 2.32. The molecule has 4 aliphatic rings. The van der Waals surface area contributed by atoms with Crippen LogP contribution in [-0.2, 0) is 9.36 Å². The molecule has 0 aromatic heterocycles. The van der Waals surface area contributed by atoms with E-state index in [1.54, 1.807) is 0 Å². The van der Waals surface area contributed by atoms with Crippen molar-refractivity contribution < 1.29 is 39.6 Å². The van der Waals surface area contributed by atoms with Gasteiger partial charge in [-0.3, -0.25) is 9.36 Å². The van der Waals surface area contributed by atoms with E-state index in [0.717, 1.165) is 12.8 Å². The lowest BCUT2D eigenvalue weighted by molar-refractivity contribution is -0.219. The van der Waals surface area contributed by atoms with Crippen LogP contribution in [-0.4, -0.2) is 66.2 Å². The Morgan fingerprint density at radius 3 is 2.33 bits per heavy atom. The molecule has 0 aromatic rings. The summed E-state index contributed by atoms with van der Waals surface area (Å²) >= 11 is 0. The second-order valence-electron chi connectivity index (χ2n) is 13.0. The average molecular weight is 532 g/mol. The van der Waals surface area contributed by atoms with E-state index in [1.807, 2.05) is 6.92 Å². The zero-order chi connectivity index (χ0) is 26.8. The zero-order valence-electron chi connectivity index (χ0n) is 21.8. The number of carboxylic acid groups (broad SMARTS) is 1. The highest BCUT2D eigenvalue weighted by atomic mass is 31.2. The van der Waals surface area contributed by atoms with E-state index in [2.05, 4.69) is 13.8 Å². The van der Waals surface area contributed by atoms with E-state index >= 15 is 0 Å². The summed E-state index contributed by atoms with van der Waals surface area (Å²) in [6, 6.07) is 0. The Morgan fingerprint density at radius 2 is 1.75 bits per heavy atom. The molecule has 12 atom stereocenters. The number of hydrogen-bond acceptors (Lipinski definition) is 6. The van der Waals surface area contributed by atoms with Gasteiger partial charge < -0.3 is 35.9 Å². The van der Waals surface area contributed by atoms with E-state index in [9.17, 15) is 39.6 Å². The Hall–Kier alpha value is -0.540. The summed E-state index contributed by atoms with van der Waals surface area (Å²) in [6.07, 6.45) is 1.04. The van der Waals surface area contributed by atoms with Crippen LogP contribution in [0, 0.1) is 46.3 Å². The molecular formula is C26H46NO8P. The van der Waals surface area contributed by atoms with Gasteiger partial charge in [0.15, 0.2) is 0 Å². The Morgan fingerprint density at radius 1 is 1.08 bits per heavy atom. The number of aliphatic hydroxyl groups is 3. The lowest BCUT2D eigenvalue weighted by Crippen LogP contribution is -2.69. The molecule has 36 heavy (non-hydrogen) atoms. The van der Waals surface area contributed by atoms with Crippen LogP contribution >= 0.6 is 7.60 Å². The zero-order valence-corrected chi connectivity index (χ0v) is 22.7. The van der Waals surface area contributed by atoms with E-state index in [4.69, 9.17) is 5.73 Å². The van der Waals surface area contributed by atoms with Gasteiger partial charge in [0.2, 0.25) is 0 Å². The molecule has 208 valence electrons. The van der Waals surface area contributed by atoms with Crippen molar-refractivity contribution in [2.24, 2.45) is 52.1 Å². The van der Waals surface area contributed by atoms with Gasteiger partial charge in [-0.15, -0.1) is 0 Å². The molecule has 4 rings (SSSR count). The third kappa shape index (κ3) is 3.95. The van der Waals surface area contributed by atoms with Crippen LogP contribution in [0.15, 0.2) is 0 Å². The van der Waals surface area contributed by atoms with Gasteiger partial charge in [-0.2, -0.15) is 0 Å². The summed E-state index contributed by atoms with van der Waals surface area (Å²) in [6.45, 7) is 6.14. The van der Waals surface area contributed by atoms with Gasteiger partial charge in [-0.05, 0) is 104 Å². The summed E-state index contributed by atoms with van der Waals surface area (Å²) < 4.78 is 13.3. The highest BCUT2D eigenvalue weighted by molar-refractivity contribution is 7.53. The van der Waals surface area contributed by atoms with Gasteiger partial charge in [-0.25, -0.2) is 0 Å². The second kappa shape index (κ2) is 9.58. The normalized spacial score (nSPS) is 49.6. The van der Waals surface area contributed by atoms with E-state index in [1.165, 1.54) is 0 Å². The van der Waals surface area contributed by atoms with E-state index in [-0.39, 0.29) is 61.3 Å². The predicted molar refractivity (Wildman–Crippen MR) is 134 cm³/mol. The van der Waals surface area contributed by atoms with Gasteiger partial charge in [0.05, 0.1) is 23.5 Å². The monoisotopic (exact) mass is 531 g/mol. The number of hydrogen-bond donors (Lipinski definition) is 7. The van der Waals surface area contributed by atoms with Crippen LogP contribution in [0.2, 0.25) is 0 Å². The number of aliphatic hydroxyl groups excluding tert-OH is 3. The summed E-state index contributed by atoms with van der Waals surface area (Å²) in [4.78, 5) is 32.8. The maximum atomic E-state index is 13.3. The second-order valence-corrected chi connectivity index (χ2v) is 14.9. The highest BCUT2D eigenvalue weighted by Gasteiger charge is 2.73. The van der Waals surface area contributed by atoms with Crippen molar-refractivity contribution >= 4 is 13.6 Å². The maximum absolute atomic E-state index is 13.3. The fraction of sp³-hybridized carbons (Fsp3) is 0.962. The van der Waals surface area contributed by atoms with Crippen molar-refractivity contribution in [2.45, 2.75) is 102 Å². The molecule has 0 aromatic carbocycles. The molecule has 0 bridgehead atoms. The minimum absolute atomic E-state index is 0.0319. The number of carbonyl (C=O) groups is 1. The van der Waals surface area contributed by atoms with Crippen LogP contribution in [0.5, 0.6) is 0 Å². The van der Waals surface area contributed by atoms with Crippen molar-refractivity contribution in [1.29, 1.82) is 0 Å². The summed E-state index contributed by atoms with van der Waals surface area (Å²) in [7, 11) is -4.73. The average Bonchev–Trinajstić information content (AvgIpc) is 3.12. The molecule has 0 saturated heterocycles. The van der Waals surface area contributed by atoms with Gasteiger partial charge in [0.25, 0.3) is 0 Å². The van der Waals surface area contributed by atoms with Gasteiger partial charge in [-0.1, -0.05) is 20.8 Å². The van der Waals surface area contributed by atoms with Crippen LogP contribution in [0.3, 0.4) is 0 Å². The SMILES string of the molecule is C[C@H](CCC(=O)O)[C@H]1CC[C@H]2[C@@H]3[C@H](O)C[C@@H]4C[C@H](O)CC(CCN)(P(=O)(O)O)[C@]4(C)[C@H]3C[C@H](O)[C@]12C. The Labute approximate surface area is 214 Å². The van der Waals surface area contributed by atoms with Crippen molar-refractivity contribution in [3.63, 3.8) is 0 Å². The summed E-state index contributed by atoms with van der Waals surface area (Å²) in [5.41, 5.74) is 4.53. The minimum atomic E-state index is -4.73. The van der Waals surface area contributed by atoms with Crippen molar-refractivity contribution in [1.82, 2.24) is 0 Å². The number of nitrogens with two attached hydrogens (primary N) is 1. The molecular weight excluding hydrogens is 485 g/mol. The molecule has 4 aliphatic carbocycles. The first kappa shape index (κ1) is 28.5. The van der Waals surface area contributed by atoms with Gasteiger partial charge in [0.1, 0.15) is 0 Å². The molecule has 10 heteroatoms. The Balaban J connectivity index is 1.77. The molecule has 0 radical (unpaired) electrons. The third-order valence-electron chi connectivity index (χ3n) is 11.8. The van der Waals surface area contributed by atoms with Crippen LogP contribution in [0.4, 0.5) is 0 Å². The van der Waals surface area contributed by atoms with Crippen molar-refractivity contribution in [3.8, 4) is 0 Å².